The summed E-state index contributed by atoms with van der Waals surface area (Å²) in [5, 5.41) is 7.10. The number of fused-ring (bicyclic) bond motifs is 1. The summed E-state index contributed by atoms with van der Waals surface area (Å²) in [5.74, 6) is -0.0483. The van der Waals surface area contributed by atoms with E-state index in [4.69, 9.17) is 0 Å². The summed E-state index contributed by atoms with van der Waals surface area (Å²) < 4.78 is 28.5. The molecule has 9 heteroatoms. The van der Waals surface area contributed by atoms with Gasteiger partial charge < -0.3 is 15.6 Å². The van der Waals surface area contributed by atoms with E-state index in [1.807, 2.05) is 26.0 Å². The first kappa shape index (κ1) is 24.1. The molecule has 0 spiro atoms. The van der Waals surface area contributed by atoms with Crippen LogP contribution in [-0.2, 0) is 6.42 Å². The third-order valence-electron chi connectivity index (χ3n) is 6.15. The first-order valence-corrected chi connectivity index (χ1v) is 11.8. The second-order valence-corrected chi connectivity index (χ2v) is 8.60. The Balaban J connectivity index is 1.42. The Bertz CT molecular complexity index is 1560. The highest BCUT2D eigenvalue weighted by Gasteiger charge is 2.19. The minimum absolute atomic E-state index is 0.167. The number of H-pyrrole nitrogens is 1. The molecule has 7 nitrogen and oxygen atoms in total. The Morgan fingerprint density at radius 2 is 1.81 bits per heavy atom. The van der Waals surface area contributed by atoms with Crippen molar-refractivity contribution in [3.05, 3.63) is 108 Å². The van der Waals surface area contributed by atoms with Crippen LogP contribution in [0.1, 0.15) is 42.3 Å². The summed E-state index contributed by atoms with van der Waals surface area (Å²) in [7, 11) is 0. The molecule has 4 heterocycles. The van der Waals surface area contributed by atoms with Gasteiger partial charge >= 0.3 is 0 Å². The summed E-state index contributed by atoms with van der Waals surface area (Å²) in [6, 6.07) is 13.2. The van der Waals surface area contributed by atoms with E-state index in [-0.39, 0.29) is 17.4 Å². The second kappa shape index (κ2) is 10.1. The van der Waals surface area contributed by atoms with Crippen molar-refractivity contribution in [2.45, 2.75) is 26.3 Å². The number of halogens is 2. The van der Waals surface area contributed by atoms with Crippen LogP contribution < -0.4 is 10.6 Å². The number of rotatable bonds is 8. The van der Waals surface area contributed by atoms with Gasteiger partial charge in [-0.05, 0) is 60.9 Å². The van der Waals surface area contributed by atoms with Gasteiger partial charge in [0.25, 0.3) is 0 Å². The minimum Gasteiger partial charge on any atom is -0.363 e. The number of aryl methyl sites for hydroxylation is 1. The highest BCUT2D eigenvalue weighted by molar-refractivity contribution is 6.00. The molecule has 1 unspecified atom stereocenters. The number of nitrogens with one attached hydrogen (secondary N) is 3. The maximum atomic E-state index is 15.2. The zero-order chi connectivity index (χ0) is 25.9. The number of benzene rings is 1. The van der Waals surface area contributed by atoms with Crippen molar-refractivity contribution in [2.75, 3.05) is 10.6 Å². The van der Waals surface area contributed by atoms with Crippen molar-refractivity contribution < 1.29 is 8.78 Å². The van der Waals surface area contributed by atoms with Crippen molar-refractivity contribution in [2.24, 2.45) is 0 Å². The van der Waals surface area contributed by atoms with E-state index in [0.29, 0.717) is 33.8 Å². The van der Waals surface area contributed by atoms with Crippen LogP contribution in [0.2, 0.25) is 0 Å². The van der Waals surface area contributed by atoms with Crippen molar-refractivity contribution in [3.8, 4) is 0 Å². The van der Waals surface area contributed by atoms with Crippen molar-refractivity contribution in [1.82, 2.24) is 24.9 Å². The average Bonchev–Trinajstić information content (AvgIpc) is 3.34. The van der Waals surface area contributed by atoms with E-state index < -0.39 is 5.95 Å². The lowest BCUT2D eigenvalue weighted by molar-refractivity contribution is 0.582. The molecule has 37 heavy (non-hydrogen) atoms. The molecule has 0 amide bonds. The van der Waals surface area contributed by atoms with Gasteiger partial charge in [0.2, 0.25) is 5.95 Å². The van der Waals surface area contributed by atoms with E-state index in [2.05, 4.69) is 42.1 Å². The molecule has 0 fully saturated rings. The summed E-state index contributed by atoms with van der Waals surface area (Å²) in [6.07, 6.45) is 5.70. The lowest BCUT2D eigenvalue weighted by Gasteiger charge is -2.16. The number of aromatic nitrogens is 5. The molecule has 0 saturated carbocycles. The number of hydrogen-bond acceptors (Lipinski definition) is 6. The van der Waals surface area contributed by atoms with Gasteiger partial charge in [-0.15, -0.1) is 0 Å². The van der Waals surface area contributed by atoms with Crippen molar-refractivity contribution >= 4 is 33.9 Å². The Labute approximate surface area is 212 Å². The molecular weight excluding hydrogens is 472 g/mol. The Morgan fingerprint density at radius 3 is 2.51 bits per heavy atom. The van der Waals surface area contributed by atoms with Gasteiger partial charge in [0.05, 0.1) is 17.3 Å². The second-order valence-electron chi connectivity index (χ2n) is 8.60. The molecule has 0 aliphatic heterocycles. The largest absolute Gasteiger partial charge is 0.363 e. The van der Waals surface area contributed by atoms with Gasteiger partial charge in [-0.3, -0.25) is 4.98 Å². The van der Waals surface area contributed by atoms with Crippen LogP contribution in [0.3, 0.4) is 0 Å². The molecule has 3 N–H and O–H groups in total. The van der Waals surface area contributed by atoms with Crippen LogP contribution >= 0.6 is 0 Å². The molecule has 0 aliphatic carbocycles. The van der Waals surface area contributed by atoms with Gasteiger partial charge in [-0.25, -0.2) is 19.3 Å². The topological polar surface area (TPSA) is 91.4 Å². The van der Waals surface area contributed by atoms with E-state index in [9.17, 15) is 4.39 Å². The van der Waals surface area contributed by atoms with Gasteiger partial charge in [-0.1, -0.05) is 25.6 Å². The molecule has 1 aromatic carbocycles. The average molecular weight is 498 g/mol. The molecule has 5 rings (SSSR count). The lowest BCUT2D eigenvalue weighted by Crippen LogP contribution is -2.09. The molecule has 0 radical (unpaired) electrons. The van der Waals surface area contributed by atoms with Crippen molar-refractivity contribution in [3.63, 3.8) is 0 Å². The molecule has 5 aromatic rings. The Kier molecular flexibility index (Phi) is 6.59. The van der Waals surface area contributed by atoms with Crippen LogP contribution in [-0.4, -0.2) is 24.9 Å². The third kappa shape index (κ3) is 5.02. The maximum Gasteiger partial charge on any atom is 0.222 e. The zero-order valence-corrected chi connectivity index (χ0v) is 20.4. The molecule has 186 valence electrons. The number of aromatic amines is 1. The predicted octanol–water partition coefficient (Wildman–Crippen LogP) is 6.57. The fourth-order valence-corrected chi connectivity index (χ4v) is 4.08. The quantitative estimate of drug-likeness (QED) is 0.210. The van der Waals surface area contributed by atoms with Crippen LogP contribution in [0.5, 0.6) is 0 Å². The number of hydrogen-bond donors (Lipinski definition) is 3. The summed E-state index contributed by atoms with van der Waals surface area (Å²) in [5.41, 5.74) is 4.49. The van der Waals surface area contributed by atoms with Crippen LogP contribution in [0.25, 0.3) is 16.6 Å². The minimum atomic E-state index is -0.659. The first-order valence-electron chi connectivity index (χ1n) is 11.8. The van der Waals surface area contributed by atoms with E-state index in [1.54, 1.807) is 36.7 Å². The lowest BCUT2D eigenvalue weighted by atomic mass is 10.0. The normalized spacial score (nSPS) is 11.9. The van der Waals surface area contributed by atoms with E-state index in [0.717, 1.165) is 23.4 Å². The fraction of sp³-hybridized carbons (Fsp3) is 0.143. The molecule has 4 aromatic heterocycles. The van der Waals surface area contributed by atoms with Crippen LogP contribution in [0, 0.1) is 11.8 Å². The highest BCUT2D eigenvalue weighted by Crippen LogP contribution is 2.34. The van der Waals surface area contributed by atoms with E-state index >= 15 is 4.39 Å². The van der Waals surface area contributed by atoms with Gasteiger partial charge in [0.1, 0.15) is 29.4 Å². The molecular formula is C28H25F2N7. The van der Waals surface area contributed by atoms with Crippen LogP contribution in [0.15, 0.2) is 73.8 Å². The smallest absolute Gasteiger partial charge is 0.222 e. The SMILES string of the molecule is C=C(c1ccc(Nc2ccc(CC)nc2)nc1F)c1c[nH]c2ncnc(NC(C)c3ccc(F)cc3)c12. The number of anilines is 3. The summed E-state index contributed by atoms with van der Waals surface area (Å²) in [6.45, 7) is 8.12. The number of pyridine rings is 2. The fourth-order valence-electron chi connectivity index (χ4n) is 4.08. The molecule has 0 saturated heterocycles. The summed E-state index contributed by atoms with van der Waals surface area (Å²) in [4.78, 5) is 20.2. The molecule has 0 aliphatic rings. The predicted molar refractivity (Wildman–Crippen MR) is 142 cm³/mol. The first-order chi connectivity index (χ1) is 17.9. The maximum absolute atomic E-state index is 15.2. The Morgan fingerprint density at radius 1 is 1.00 bits per heavy atom. The van der Waals surface area contributed by atoms with E-state index in [1.165, 1.54) is 18.5 Å². The molecule has 1 atom stereocenters. The standard InChI is InChI=1S/C28H25F2N7/c1-4-20-9-10-21(13-31-20)36-24-12-11-22(26(30)37-24)16(2)23-14-32-27-25(23)28(34-15-33-27)35-17(3)18-5-7-19(29)8-6-18/h5-15,17H,2,4H2,1,3H3,(H,36,37)(H2,32,33,34,35). The van der Waals surface area contributed by atoms with Crippen LogP contribution in [0.4, 0.5) is 26.1 Å². The van der Waals surface area contributed by atoms with Gasteiger partial charge in [0, 0.05) is 29.1 Å². The Hall–Kier alpha value is -4.66. The monoisotopic (exact) mass is 497 g/mol. The highest BCUT2D eigenvalue weighted by atomic mass is 19.1. The summed E-state index contributed by atoms with van der Waals surface area (Å²) >= 11 is 0. The third-order valence-corrected chi connectivity index (χ3v) is 6.15. The van der Waals surface area contributed by atoms with Gasteiger partial charge in [-0.2, -0.15) is 4.39 Å². The van der Waals surface area contributed by atoms with Gasteiger partial charge in [0.15, 0.2) is 0 Å². The number of nitrogens with zero attached hydrogens (tertiary/aromatic N) is 4. The molecule has 0 bridgehead atoms. The van der Waals surface area contributed by atoms with Crippen molar-refractivity contribution in [1.29, 1.82) is 0 Å². The zero-order valence-electron chi connectivity index (χ0n) is 20.4.